The Hall–Kier alpha value is -2.01. The number of benzene rings is 1. The minimum absolute atomic E-state index is 0.0383. The second-order valence-electron chi connectivity index (χ2n) is 5.17. The molecule has 0 radical (unpaired) electrons. The number of ether oxygens (including phenoxy) is 2. The van der Waals surface area contributed by atoms with Gasteiger partial charge in [-0.05, 0) is 18.2 Å². The van der Waals surface area contributed by atoms with Crippen molar-refractivity contribution in [3.05, 3.63) is 35.3 Å². The predicted molar refractivity (Wildman–Crippen MR) is 92.6 cm³/mol. The summed E-state index contributed by atoms with van der Waals surface area (Å²) < 4.78 is 37.5. The van der Waals surface area contributed by atoms with E-state index < -0.39 is 15.9 Å². The summed E-state index contributed by atoms with van der Waals surface area (Å²) in [5.74, 6) is -0.242. The van der Waals surface area contributed by atoms with Gasteiger partial charge in [-0.15, -0.1) is 11.3 Å². The number of hydrogen-bond acceptors (Lipinski definition) is 7. The molecular formula is C15H17N3O5S2. The summed E-state index contributed by atoms with van der Waals surface area (Å²) in [6.45, 7) is 1.21. The van der Waals surface area contributed by atoms with E-state index in [1.165, 1.54) is 41.0 Å². The van der Waals surface area contributed by atoms with Crippen LogP contribution in [0.5, 0.6) is 5.75 Å². The maximum atomic E-state index is 12.9. The smallest absolute Gasteiger partial charge is 0.257 e. The zero-order chi connectivity index (χ0) is 17.9. The lowest BCUT2D eigenvalue weighted by Gasteiger charge is -2.26. The zero-order valence-corrected chi connectivity index (χ0v) is 15.1. The van der Waals surface area contributed by atoms with Gasteiger partial charge >= 0.3 is 0 Å². The van der Waals surface area contributed by atoms with Crippen LogP contribution in [0.4, 0.5) is 5.13 Å². The Morgan fingerprint density at radius 3 is 2.76 bits per heavy atom. The average molecular weight is 383 g/mol. The highest BCUT2D eigenvalue weighted by atomic mass is 32.2. The molecule has 1 aliphatic rings. The number of carbonyl (C=O) groups is 1. The Kier molecular flexibility index (Phi) is 5.33. The van der Waals surface area contributed by atoms with Gasteiger partial charge in [0.1, 0.15) is 10.6 Å². The van der Waals surface area contributed by atoms with Crippen molar-refractivity contribution in [3.63, 3.8) is 0 Å². The third-order valence-corrected chi connectivity index (χ3v) is 6.27. The maximum absolute atomic E-state index is 12.9. The summed E-state index contributed by atoms with van der Waals surface area (Å²) in [6.07, 6.45) is 1.57. The molecule has 1 fully saturated rings. The van der Waals surface area contributed by atoms with Crippen molar-refractivity contribution >= 4 is 32.4 Å². The molecule has 1 aliphatic heterocycles. The van der Waals surface area contributed by atoms with Crippen LogP contribution in [0.1, 0.15) is 10.4 Å². The van der Waals surface area contributed by atoms with Crippen LogP contribution in [0.25, 0.3) is 0 Å². The van der Waals surface area contributed by atoms with Crippen LogP contribution >= 0.6 is 11.3 Å². The van der Waals surface area contributed by atoms with Crippen LogP contribution in [0.3, 0.4) is 0 Å². The van der Waals surface area contributed by atoms with E-state index in [2.05, 4.69) is 10.3 Å². The summed E-state index contributed by atoms with van der Waals surface area (Å²) in [4.78, 5) is 16.3. The Morgan fingerprint density at radius 2 is 2.12 bits per heavy atom. The monoisotopic (exact) mass is 383 g/mol. The van der Waals surface area contributed by atoms with Crippen molar-refractivity contribution in [3.8, 4) is 5.75 Å². The number of thiazole rings is 1. The van der Waals surface area contributed by atoms with Crippen LogP contribution in [0.2, 0.25) is 0 Å². The largest absolute Gasteiger partial charge is 0.495 e. The second-order valence-corrected chi connectivity index (χ2v) is 7.97. The van der Waals surface area contributed by atoms with Crippen molar-refractivity contribution in [1.29, 1.82) is 0 Å². The molecule has 0 unspecified atom stereocenters. The van der Waals surface area contributed by atoms with Gasteiger partial charge in [-0.3, -0.25) is 10.1 Å². The van der Waals surface area contributed by atoms with E-state index in [9.17, 15) is 13.2 Å². The quantitative estimate of drug-likeness (QED) is 0.839. The van der Waals surface area contributed by atoms with E-state index in [0.717, 1.165) is 0 Å². The molecule has 25 heavy (non-hydrogen) atoms. The fourth-order valence-electron chi connectivity index (χ4n) is 2.40. The molecule has 8 nitrogen and oxygen atoms in total. The molecule has 1 N–H and O–H groups in total. The van der Waals surface area contributed by atoms with Crippen molar-refractivity contribution in [1.82, 2.24) is 9.29 Å². The normalized spacial score (nSPS) is 15.7. The molecule has 2 aromatic rings. The Balaban J connectivity index is 1.93. The van der Waals surface area contributed by atoms with Gasteiger partial charge in [0.25, 0.3) is 5.91 Å². The van der Waals surface area contributed by atoms with Gasteiger partial charge in [0.05, 0.1) is 20.3 Å². The second kappa shape index (κ2) is 7.48. The van der Waals surface area contributed by atoms with Crippen LogP contribution < -0.4 is 10.1 Å². The number of nitrogens with zero attached hydrogens (tertiary/aromatic N) is 2. The van der Waals surface area contributed by atoms with E-state index in [-0.39, 0.29) is 29.3 Å². The standard InChI is InChI=1S/C15H17N3O5S2/c1-22-12-3-2-11(14(19)17-15-16-4-9-24-15)10-13(12)25(20,21)18-5-7-23-8-6-18/h2-4,9-10H,5-8H2,1H3,(H,16,17,19). The minimum atomic E-state index is -3.79. The lowest BCUT2D eigenvalue weighted by atomic mass is 10.2. The first-order valence-electron chi connectivity index (χ1n) is 7.49. The van der Waals surface area contributed by atoms with Crippen LogP contribution in [-0.4, -0.2) is 57.0 Å². The van der Waals surface area contributed by atoms with E-state index >= 15 is 0 Å². The van der Waals surface area contributed by atoms with E-state index in [4.69, 9.17) is 9.47 Å². The van der Waals surface area contributed by atoms with Crippen LogP contribution in [-0.2, 0) is 14.8 Å². The van der Waals surface area contributed by atoms with Crippen LogP contribution in [0, 0.1) is 0 Å². The van der Waals surface area contributed by atoms with E-state index in [1.807, 2.05) is 0 Å². The molecule has 1 saturated heterocycles. The molecule has 0 saturated carbocycles. The van der Waals surface area contributed by atoms with Gasteiger partial charge in [0.2, 0.25) is 10.0 Å². The van der Waals surface area contributed by atoms with Crippen molar-refractivity contribution in [2.75, 3.05) is 38.7 Å². The lowest BCUT2D eigenvalue weighted by Crippen LogP contribution is -2.40. The molecule has 0 atom stereocenters. The first kappa shape index (κ1) is 17.8. The molecule has 1 amide bonds. The molecular weight excluding hydrogens is 366 g/mol. The van der Waals surface area contributed by atoms with Gasteiger partial charge in [0.15, 0.2) is 5.13 Å². The van der Waals surface area contributed by atoms with Crippen LogP contribution in [0.15, 0.2) is 34.7 Å². The highest BCUT2D eigenvalue weighted by Crippen LogP contribution is 2.28. The summed E-state index contributed by atoms with van der Waals surface area (Å²) in [5.41, 5.74) is 0.211. The van der Waals surface area contributed by atoms with Crippen molar-refractivity contribution < 1.29 is 22.7 Å². The zero-order valence-electron chi connectivity index (χ0n) is 13.5. The van der Waals surface area contributed by atoms with Crippen molar-refractivity contribution in [2.24, 2.45) is 0 Å². The number of anilines is 1. The topological polar surface area (TPSA) is 97.8 Å². The van der Waals surface area contributed by atoms with Gasteiger partial charge in [-0.25, -0.2) is 13.4 Å². The number of methoxy groups -OCH3 is 1. The van der Waals surface area contributed by atoms with E-state index in [0.29, 0.717) is 18.3 Å². The first-order valence-corrected chi connectivity index (χ1v) is 9.81. The number of morpholine rings is 1. The SMILES string of the molecule is COc1ccc(C(=O)Nc2nccs2)cc1S(=O)(=O)N1CCOCC1. The highest BCUT2D eigenvalue weighted by molar-refractivity contribution is 7.89. The first-order chi connectivity index (χ1) is 12.0. The summed E-state index contributed by atoms with van der Waals surface area (Å²) >= 11 is 1.28. The van der Waals surface area contributed by atoms with Gasteiger partial charge in [0, 0.05) is 30.2 Å². The van der Waals surface area contributed by atoms with Gasteiger partial charge < -0.3 is 9.47 Å². The van der Waals surface area contributed by atoms with E-state index in [1.54, 1.807) is 11.6 Å². The molecule has 134 valence electrons. The number of aromatic nitrogens is 1. The Bertz CT molecular complexity index is 846. The van der Waals surface area contributed by atoms with Crippen molar-refractivity contribution in [2.45, 2.75) is 4.90 Å². The lowest BCUT2D eigenvalue weighted by molar-refractivity contribution is 0.0729. The predicted octanol–water partition coefficient (Wildman–Crippen LogP) is 1.42. The maximum Gasteiger partial charge on any atom is 0.257 e. The Morgan fingerprint density at radius 1 is 1.36 bits per heavy atom. The fraction of sp³-hybridized carbons (Fsp3) is 0.333. The Labute approximate surface area is 149 Å². The summed E-state index contributed by atoms with van der Waals surface area (Å²) in [6, 6.07) is 4.32. The molecule has 0 aliphatic carbocycles. The molecule has 0 spiro atoms. The number of amides is 1. The number of sulfonamides is 1. The molecule has 2 heterocycles. The summed E-state index contributed by atoms with van der Waals surface area (Å²) in [7, 11) is -2.40. The molecule has 3 rings (SSSR count). The van der Waals surface area contributed by atoms with Gasteiger partial charge in [-0.2, -0.15) is 4.31 Å². The highest BCUT2D eigenvalue weighted by Gasteiger charge is 2.30. The molecule has 1 aromatic heterocycles. The van der Waals surface area contributed by atoms with Gasteiger partial charge in [-0.1, -0.05) is 0 Å². The minimum Gasteiger partial charge on any atom is -0.495 e. The third-order valence-electron chi connectivity index (χ3n) is 3.67. The number of nitrogens with one attached hydrogen (secondary N) is 1. The average Bonchev–Trinajstić information content (AvgIpc) is 3.15. The fourth-order valence-corrected chi connectivity index (χ4v) is 4.51. The summed E-state index contributed by atoms with van der Waals surface area (Å²) in [5, 5.41) is 4.81. The molecule has 10 heteroatoms. The number of carbonyl (C=O) groups excluding carboxylic acids is 1. The molecule has 1 aromatic carbocycles. The number of hydrogen-bond donors (Lipinski definition) is 1. The third kappa shape index (κ3) is 3.82. The molecule has 0 bridgehead atoms. The number of rotatable bonds is 5.